The van der Waals surface area contributed by atoms with E-state index in [4.69, 9.17) is 17.2 Å². The third kappa shape index (κ3) is 2.37. The van der Waals surface area contributed by atoms with Gasteiger partial charge in [0.05, 0.1) is 27.8 Å². The summed E-state index contributed by atoms with van der Waals surface area (Å²) >= 11 is 0. The van der Waals surface area contributed by atoms with E-state index in [1.54, 1.807) is 12.1 Å². The Morgan fingerprint density at radius 3 is 2.53 bits per heavy atom. The Balaban J connectivity index is 1.61. The summed E-state index contributed by atoms with van der Waals surface area (Å²) in [5, 5.41) is -1.79. The van der Waals surface area contributed by atoms with Crippen molar-refractivity contribution in [2.24, 2.45) is 0 Å². The zero-order valence-electron chi connectivity index (χ0n) is 17.2. The molecule has 0 saturated carbocycles. The predicted octanol–water partition coefficient (Wildman–Crippen LogP) is 1.22. The lowest BCUT2D eigenvalue weighted by molar-refractivity contribution is 0.00578. The van der Waals surface area contributed by atoms with Gasteiger partial charge >= 0.3 is 14.1 Å². The predicted molar refractivity (Wildman–Crippen MR) is 110 cm³/mol. The average Bonchev–Trinajstić information content (AvgIpc) is 3.04. The normalized spacial score (nSPS) is 25.9. The van der Waals surface area contributed by atoms with Crippen LogP contribution in [0.2, 0.25) is 0 Å². The van der Waals surface area contributed by atoms with Crippen LogP contribution >= 0.6 is 0 Å². The molecule has 2 aromatic rings. The molecule has 150 valence electrons. The zero-order chi connectivity index (χ0) is 21.6. The molecule has 1 amide bonds. The van der Waals surface area contributed by atoms with Gasteiger partial charge in [0.1, 0.15) is 13.7 Å². The number of hydrogen-bond acceptors (Lipinski definition) is 4. The van der Waals surface area contributed by atoms with Gasteiger partial charge < -0.3 is 18.5 Å². The molecule has 4 heterocycles. The van der Waals surface area contributed by atoms with Crippen LogP contribution in [0, 0.1) is 5.82 Å². The highest BCUT2D eigenvalue weighted by Crippen LogP contribution is 2.42. The first kappa shape index (κ1) is 19.8. The van der Waals surface area contributed by atoms with Crippen molar-refractivity contribution in [3.8, 4) is 0 Å². The van der Waals surface area contributed by atoms with E-state index in [1.807, 2.05) is 27.7 Å². The molecule has 2 radical (unpaired) electrons. The van der Waals surface area contributed by atoms with Gasteiger partial charge in [-0.25, -0.2) is 4.39 Å². The number of carbonyl (C=O) groups excluding carboxylic acids is 1. The monoisotopic (exact) mass is 406 g/mol. The standard InChI is InChI=1S/C20H19B3F2N2O3/c1-18(2)19(3,4)30-23(29-18)11-8-14-13(15(24)9-11)10-27-17(28)12-6-5-7-26-16(12)20(27,21)22(14)25/h5-9H,10H2,1-4H3. The van der Waals surface area contributed by atoms with Gasteiger partial charge in [0.15, 0.2) is 0 Å². The molecule has 0 aliphatic carbocycles. The van der Waals surface area contributed by atoms with Crippen LogP contribution in [0.1, 0.15) is 49.3 Å². The largest absolute Gasteiger partial charge is 0.494 e. The van der Waals surface area contributed by atoms with E-state index in [9.17, 15) is 4.79 Å². The molecule has 10 heteroatoms. The molecule has 0 spiro atoms. The van der Waals surface area contributed by atoms with Gasteiger partial charge in [0.2, 0.25) is 0 Å². The van der Waals surface area contributed by atoms with Crippen molar-refractivity contribution in [2.45, 2.75) is 50.8 Å². The molecule has 1 fully saturated rings. The van der Waals surface area contributed by atoms with Crippen molar-refractivity contribution in [3.63, 3.8) is 0 Å². The fourth-order valence-corrected chi connectivity index (χ4v) is 4.38. The molecule has 5 rings (SSSR count). The van der Waals surface area contributed by atoms with Crippen LogP contribution in [0.3, 0.4) is 0 Å². The molecule has 0 N–H and O–H groups in total. The molecule has 1 aromatic carbocycles. The fraction of sp³-hybridized carbons (Fsp3) is 0.400. The number of nitrogens with zero attached hydrogens (tertiary/aromatic N) is 2. The summed E-state index contributed by atoms with van der Waals surface area (Å²) in [5.41, 5.74) is -0.279. The Morgan fingerprint density at radius 2 is 1.87 bits per heavy atom. The third-order valence-corrected chi connectivity index (χ3v) is 6.86. The van der Waals surface area contributed by atoms with E-state index in [1.165, 1.54) is 18.3 Å². The number of rotatable bonds is 1. The summed E-state index contributed by atoms with van der Waals surface area (Å²) in [6.45, 7) is 5.55. The zero-order valence-corrected chi connectivity index (χ0v) is 17.2. The van der Waals surface area contributed by atoms with Crippen LogP contribution < -0.4 is 10.9 Å². The molecular formula is C20H19B3F2N2O3. The summed E-state index contributed by atoms with van der Waals surface area (Å²) in [6.07, 6.45) is 1.47. The van der Waals surface area contributed by atoms with Crippen molar-refractivity contribution >= 4 is 38.8 Å². The Bertz CT molecular complexity index is 1080. The molecule has 1 unspecified atom stereocenters. The van der Waals surface area contributed by atoms with Crippen molar-refractivity contribution < 1.29 is 22.8 Å². The van der Waals surface area contributed by atoms with Crippen LogP contribution in [0.4, 0.5) is 8.71 Å². The third-order valence-electron chi connectivity index (χ3n) is 6.86. The molecule has 5 nitrogen and oxygen atoms in total. The number of pyridine rings is 1. The minimum absolute atomic E-state index is 0.0877. The van der Waals surface area contributed by atoms with Crippen LogP contribution in [0.25, 0.3) is 0 Å². The Kier molecular flexibility index (Phi) is 3.92. The summed E-state index contributed by atoms with van der Waals surface area (Å²) in [5.74, 6) is -1.08. The topological polar surface area (TPSA) is 51.7 Å². The highest BCUT2D eigenvalue weighted by molar-refractivity contribution is 6.78. The van der Waals surface area contributed by atoms with E-state index in [-0.39, 0.29) is 28.8 Å². The summed E-state index contributed by atoms with van der Waals surface area (Å²) < 4.78 is 43.0. The van der Waals surface area contributed by atoms with Crippen molar-refractivity contribution in [1.29, 1.82) is 0 Å². The number of aromatic nitrogens is 1. The van der Waals surface area contributed by atoms with Gasteiger partial charge in [-0.15, -0.1) is 0 Å². The van der Waals surface area contributed by atoms with Crippen molar-refractivity contribution in [3.05, 3.63) is 53.1 Å². The van der Waals surface area contributed by atoms with Gasteiger partial charge in [0, 0.05) is 18.3 Å². The molecule has 1 aromatic heterocycles. The first-order chi connectivity index (χ1) is 14.0. The Labute approximate surface area is 175 Å². The van der Waals surface area contributed by atoms with Crippen LogP contribution in [0.15, 0.2) is 30.5 Å². The molecular weight excluding hydrogens is 387 g/mol. The number of halogens is 2. The maximum atomic E-state index is 15.9. The molecule has 3 aliphatic rings. The van der Waals surface area contributed by atoms with E-state index in [0.29, 0.717) is 5.46 Å². The molecule has 1 atom stereocenters. The maximum Gasteiger partial charge on any atom is 0.494 e. The van der Waals surface area contributed by atoms with Gasteiger partial charge in [0.25, 0.3) is 5.91 Å². The number of benzene rings is 1. The first-order valence-corrected chi connectivity index (χ1v) is 9.85. The fourth-order valence-electron chi connectivity index (χ4n) is 4.38. The second-order valence-corrected chi connectivity index (χ2v) is 9.14. The van der Waals surface area contributed by atoms with E-state index in [0.717, 1.165) is 4.90 Å². The van der Waals surface area contributed by atoms with Crippen LogP contribution in [-0.2, 0) is 21.2 Å². The highest BCUT2D eigenvalue weighted by atomic mass is 19.1. The number of amides is 1. The lowest BCUT2D eigenvalue weighted by Gasteiger charge is -2.42. The summed E-state index contributed by atoms with van der Waals surface area (Å²) in [4.78, 5) is 18.1. The lowest BCUT2D eigenvalue weighted by atomic mass is 9.37. The van der Waals surface area contributed by atoms with E-state index in [2.05, 4.69) is 4.98 Å². The number of fused-ring (bicyclic) bond motifs is 4. The van der Waals surface area contributed by atoms with Crippen LogP contribution in [-0.4, -0.2) is 48.9 Å². The highest BCUT2D eigenvalue weighted by Gasteiger charge is 2.59. The van der Waals surface area contributed by atoms with E-state index < -0.39 is 42.4 Å². The van der Waals surface area contributed by atoms with Crippen LogP contribution in [0.5, 0.6) is 0 Å². The molecule has 1 saturated heterocycles. The molecule has 0 bridgehead atoms. The SMILES string of the molecule is [B]C12B(F)c3cc(B4OC(C)(C)C(C)(C)O4)cc(F)c3CN1C(=O)c1cccnc12. The van der Waals surface area contributed by atoms with Gasteiger partial charge in [-0.3, -0.25) is 9.78 Å². The summed E-state index contributed by atoms with van der Waals surface area (Å²) in [7, 11) is 5.60. The van der Waals surface area contributed by atoms with Crippen molar-refractivity contribution in [2.75, 3.05) is 0 Å². The Hall–Kier alpha value is -2.19. The number of carbonyl (C=O) groups is 1. The quantitative estimate of drug-likeness (QED) is 0.669. The minimum atomic E-state index is -1.86. The summed E-state index contributed by atoms with van der Waals surface area (Å²) in [6, 6.07) is 5.96. The smallest absolute Gasteiger partial charge is 0.399 e. The first-order valence-electron chi connectivity index (χ1n) is 9.85. The number of hydrogen-bond donors (Lipinski definition) is 0. The lowest BCUT2D eigenvalue weighted by Crippen LogP contribution is -2.63. The second kappa shape index (κ2) is 5.95. The second-order valence-electron chi connectivity index (χ2n) is 9.14. The Morgan fingerprint density at radius 1 is 1.20 bits per heavy atom. The van der Waals surface area contributed by atoms with Gasteiger partial charge in [-0.05, 0) is 56.8 Å². The minimum Gasteiger partial charge on any atom is -0.399 e. The van der Waals surface area contributed by atoms with Crippen molar-refractivity contribution in [1.82, 2.24) is 9.88 Å². The van der Waals surface area contributed by atoms with Gasteiger partial charge in [-0.1, -0.05) is 6.07 Å². The maximum absolute atomic E-state index is 15.9. The van der Waals surface area contributed by atoms with E-state index >= 15 is 8.71 Å². The average molecular weight is 406 g/mol. The van der Waals surface area contributed by atoms with Gasteiger partial charge in [-0.2, -0.15) is 0 Å². The molecule has 30 heavy (non-hydrogen) atoms. The molecule has 3 aliphatic heterocycles.